The Balaban J connectivity index is 1.70. The number of halogens is 1. The number of thioether (sulfide) groups is 1. The van der Waals surface area contributed by atoms with Gasteiger partial charge in [0.2, 0.25) is 5.91 Å². The van der Waals surface area contributed by atoms with Crippen LogP contribution in [0.5, 0.6) is 0 Å². The van der Waals surface area contributed by atoms with Gasteiger partial charge >= 0.3 is 0 Å². The number of aryl methyl sites for hydroxylation is 2. The molecule has 4 aromatic rings. The van der Waals surface area contributed by atoms with Gasteiger partial charge in [-0.1, -0.05) is 54.6 Å². The maximum atomic E-state index is 12.9. The van der Waals surface area contributed by atoms with Crippen molar-refractivity contribution in [1.82, 2.24) is 14.6 Å². The lowest BCUT2D eigenvalue weighted by molar-refractivity contribution is -0.115. The molecule has 2 aromatic heterocycles. The zero-order chi connectivity index (χ0) is 20.5. The van der Waals surface area contributed by atoms with Crippen LogP contribution in [0.3, 0.4) is 0 Å². The molecule has 29 heavy (non-hydrogen) atoms. The Labute approximate surface area is 178 Å². The molecule has 1 N–H and O–H groups in total. The van der Waals surface area contributed by atoms with Gasteiger partial charge in [0.25, 0.3) is 0 Å². The molecule has 0 bridgehead atoms. The van der Waals surface area contributed by atoms with Crippen molar-refractivity contribution in [2.24, 2.45) is 0 Å². The summed E-state index contributed by atoms with van der Waals surface area (Å²) in [5.74, 6) is -0.0790. The van der Waals surface area contributed by atoms with E-state index in [1.54, 1.807) is 12.1 Å². The fourth-order valence-corrected chi connectivity index (χ4v) is 4.60. The van der Waals surface area contributed by atoms with Crippen LogP contribution in [0, 0.1) is 13.8 Å². The molecule has 0 fully saturated rings. The normalized spacial score (nSPS) is 12.4. The van der Waals surface area contributed by atoms with Crippen molar-refractivity contribution in [3.63, 3.8) is 0 Å². The number of carbonyl (C=O) groups excluding carboxylic acids is 1. The van der Waals surface area contributed by atoms with Crippen LogP contribution in [0.1, 0.15) is 24.5 Å². The summed E-state index contributed by atoms with van der Waals surface area (Å²) in [4.78, 5) is 12.9. The number of carbonyl (C=O) groups is 1. The highest BCUT2D eigenvalue weighted by Gasteiger charge is 2.22. The number of benzene rings is 2. The fraction of sp³-hybridized carbons (Fsp3) is 0.227. The molecule has 0 saturated heterocycles. The van der Waals surface area contributed by atoms with E-state index in [0.717, 1.165) is 27.7 Å². The zero-order valence-corrected chi connectivity index (χ0v) is 18.0. The van der Waals surface area contributed by atoms with Crippen molar-refractivity contribution in [1.29, 1.82) is 0 Å². The molecule has 2 aromatic carbocycles. The summed E-state index contributed by atoms with van der Waals surface area (Å²) in [7, 11) is 0. The Morgan fingerprint density at radius 2 is 1.93 bits per heavy atom. The van der Waals surface area contributed by atoms with Crippen LogP contribution in [0.2, 0.25) is 5.02 Å². The van der Waals surface area contributed by atoms with E-state index in [9.17, 15) is 4.79 Å². The van der Waals surface area contributed by atoms with Gasteiger partial charge in [-0.05, 0) is 55.7 Å². The summed E-state index contributed by atoms with van der Waals surface area (Å²) in [5, 5.41) is 13.9. The van der Waals surface area contributed by atoms with Crippen LogP contribution >= 0.6 is 23.4 Å². The number of pyridine rings is 1. The first kappa shape index (κ1) is 19.7. The van der Waals surface area contributed by atoms with Crippen molar-refractivity contribution < 1.29 is 4.79 Å². The van der Waals surface area contributed by atoms with Crippen LogP contribution in [-0.4, -0.2) is 25.8 Å². The highest BCUT2D eigenvalue weighted by Crippen LogP contribution is 2.31. The van der Waals surface area contributed by atoms with Gasteiger partial charge in [0.15, 0.2) is 10.8 Å². The molecule has 0 aliphatic heterocycles. The van der Waals surface area contributed by atoms with Gasteiger partial charge in [-0.25, -0.2) is 0 Å². The van der Waals surface area contributed by atoms with Crippen LogP contribution in [0.15, 0.2) is 53.7 Å². The molecule has 4 rings (SSSR count). The second-order valence-electron chi connectivity index (χ2n) is 6.99. The molecule has 1 unspecified atom stereocenters. The van der Waals surface area contributed by atoms with Gasteiger partial charge in [0.1, 0.15) is 0 Å². The minimum absolute atomic E-state index is 0.0790. The van der Waals surface area contributed by atoms with Crippen molar-refractivity contribution in [2.45, 2.75) is 37.6 Å². The van der Waals surface area contributed by atoms with Gasteiger partial charge < -0.3 is 5.32 Å². The van der Waals surface area contributed by atoms with Crippen LogP contribution in [0.25, 0.3) is 16.6 Å². The molecule has 5 nitrogen and oxygen atoms in total. The predicted octanol–water partition coefficient (Wildman–Crippen LogP) is 5.66. The molecular weight excluding hydrogens is 404 g/mol. The third kappa shape index (κ3) is 3.82. The first-order chi connectivity index (χ1) is 14.0. The molecule has 148 valence electrons. The average molecular weight is 425 g/mol. The number of anilines is 1. The fourth-order valence-electron chi connectivity index (χ4n) is 3.45. The summed E-state index contributed by atoms with van der Waals surface area (Å²) >= 11 is 7.46. The van der Waals surface area contributed by atoms with E-state index < -0.39 is 0 Å². The number of amides is 1. The minimum atomic E-state index is -0.304. The average Bonchev–Trinajstić information content (AvgIpc) is 3.08. The maximum absolute atomic E-state index is 12.9. The van der Waals surface area contributed by atoms with Crippen LogP contribution in [0.4, 0.5) is 5.69 Å². The third-order valence-corrected chi connectivity index (χ3v) is 6.44. The van der Waals surface area contributed by atoms with Gasteiger partial charge in [-0.15, -0.1) is 10.2 Å². The Hall–Kier alpha value is -2.57. The lowest BCUT2D eigenvalue weighted by Crippen LogP contribution is -2.24. The molecule has 1 amide bonds. The number of rotatable bonds is 5. The lowest BCUT2D eigenvalue weighted by Gasteiger charge is -2.15. The molecule has 2 heterocycles. The third-order valence-electron chi connectivity index (χ3n) is 4.89. The summed E-state index contributed by atoms with van der Waals surface area (Å²) < 4.78 is 2.05. The first-order valence-electron chi connectivity index (χ1n) is 9.45. The van der Waals surface area contributed by atoms with E-state index in [-0.39, 0.29) is 11.2 Å². The number of aromatic nitrogens is 3. The van der Waals surface area contributed by atoms with Gasteiger partial charge in [0, 0.05) is 16.1 Å². The second kappa shape index (κ2) is 8.05. The topological polar surface area (TPSA) is 59.3 Å². The van der Waals surface area contributed by atoms with Crippen molar-refractivity contribution in [2.75, 3.05) is 5.32 Å². The Bertz CT molecular complexity index is 1220. The quantitative estimate of drug-likeness (QED) is 0.420. The van der Waals surface area contributed by atoms with E-state index in [0.29, 0.717) is 22.3 Å². The Morgan fingerprint density at radius 3 is 2.69 bits per heavy atom. The van der Waals surface area contributed by atoms with Gasteiger partial charge in [0.05, 0.1) is 10.8 Å². The number of hydrogen-bond donors (Lipinski definition) is 1. The van der Waals surface area contributed by atoms with Crippen molar-refractivity contribution in [3.05, 3.63) is 64.7 Å². The number of fused-ring (bicyclic) bond motifs is 3. The standard InChI is InChI=1S/C22H21ClN4OS/c1-4-18(21(28)24-16-9-6-8-15(23)12-16)29-22-26-25-19-11-14(3)17-10-5-7-13(2)20(17)27(19)22/h5-12,18H,4H2,1-3H3,(H,24,28). The summed E-state index contributed by atoms with van der Waals surface area (Å²) in [6.45, 7) is 6.15. The summed E-state index contributed by atoms with van der Waals surface area (Å²) in [5.41, 5.74) is 4.86. The number of para-hydroxylation sites is 1. The maximum Gasteiger partial charge on any atom is 0.237 e. The number of nitrogens with zero attached hydrogens (tertiary/aromatic N) is 3. The summed E-state index contributed by atoms with van der Waals surface area (Å²) in [6.07, 6.45) is 0.661. The molecule has 0 radical (unpaired) electrons. The van der Waals surface area contributed by atoms with E-state index in [1.165, 1.54) is 11.8 Å². The number of nitrogens with one attached hydrogen (secondary N) is 1. The molecule has 0 saturated carbocycles. The monoisotopic (exact) mass is 424 g/mol. The SMILES string of the molecule is CCC(Sc1nnc2cc(C)c3cccc(C)c3n12)C(=O)Nc1cccc(Cl)c1. The van der Waals surface area contributed by atoms with Crippen molar-refractivity contribution in [3.8, 4) is 0 Å². The summed E-state index contributed by atoms with van der Waals surface area (Å²) in [6, 6.07) is 15.4. The predicted molar refractivity (Wildman–Crippen MR) is 120 cm³/mol. The second-order valence-corrected chi connectivity index (χ2v) is 8.60. The molecule has 0 aliphatic rings. The van der Waals surface area contributed by atoms with Gasteiger partial charge in [-0.3, -0.25) is 9.20 Å². The molecule has 1 atom stereocenters. The van der Waals surface area contributed by atoms with E-state index in [2.05, 4.69) is 52.0 Å². The molecule has 0 aliphatic carbocycles. The molecular formula is C22H21ClN4OS. The molecule has 0 spiro atoms. The zero-order valence-electron chi connectivity index (χ0n) is 16.4. The number of hydrogen-bond acceptors (Lipinski definition) is 4. The van der Waals surface area contributed by atoms with Crippen LogP contribution < -0.4 is 5.32 Å². The minimum Gasteiger partial charge on any atom is -0.325 e. The van der Waals surface area contributed by atoms with E-state index in [4.69, 9.17) is 11.6 Å². The van der Waals surface area contributed by atoms with Crippen molar-refractivity contribution >= 4 is 51.5 Å². The van der Waals surface area contributed by atoms with E-state index in [1.807, 2.05) is 25.1 Å². The Kier molecular flexibility index (Phi) is 5.48. The highest BCUT2D eigenvalue weighted by atomic mass is 35.5. The lowest BCUT2D eigenvalue weighted by atomic mass is 10.1. The highest BCUT2D eigenvalue weighted by molar-refractivity contribution is 8.00. The smallest absolute Gasteiger partial charge is 0.237 e. The largest absolute Gasteiger partial charge is 0.325 e. The van der Waals surface area contributed by atoms with Crippen LogP contribution in [-0.2, 0) is 4.79 Å². The first-order valence-corrected chi connectivity index (χ1v) is 10.7. The molecule has 7 heteroatoms. The Morgan fingerprint density at radius 1 is 1.14 bits per heavy atom. The van der Waals surface area contributed by atoms with E-state index >= 15 is 0 Å². The van der Waals surface area contributed by atoms with Gasteiger partial charge in [-0.2, -0.15) is 0 Å².